The van der Waals surface area contributed by atoms with Gasteiger partial charge in [0.1, 0.15) is 36.6 Å². The van der Waals surface area contributed by atoms with E-state index in [2.05, 4.69) is 4.18 Å². The van der Waals surface area contributed by atoms with Crippen LogP contribution in [0.4, 0.5) is 0 Å². The first kappa shape index (κ1) is 90.9. The molecule has 4 fully saturated rings. The monoisotopic (exact) mass is 1560 g/mol. The lowest BCUT2D eigenvalue weighted by molar-refractivity contribution is -0.330. The third kappa shape index (κ3) is 24.6. The van der Waals surface area contributed by atoms with Crippen molar-refractivity contribution >= 4 is 39.7 Å². The maximum Gasteiger partial charge on any atom is 0.397 e. The molecule has 1 aromatic rings. The number of carbonyl (C=O) groups excluding carboxylic acids is 5. The highest BCUT2D eigenvalue weighted by Crippen LogP contribution is 2.43. The summed E-state index contributed by atoms with van der Waals surface area (Å²) >= 11 is 0. The highest BCUT2D eigenvalue weighted by Gasteiger charge is 2.57. The third-order valence-electron chi connectivity index (χ3n) is 22.9. The minimum absolute atomic E-state index is 0.0640. The van der Waals surface area contributed by atoms with Crippen LogP contribution in [0.3, 0.4) is 0 Å². The Balaban J connectivity index is 0.954. The SMILES string of the molecule is CC[C@H](O[C@H]1C[C@@](C)(O)[C@H](O[C@H]2CC[C@H](OC(=O)[C@H](C)[C@H](O)c3ccc4c(c3)C(=O)C=C(C)C4=O)[C@@H](C)O2)[C@H](C)O1)[C@H](C)[C@H](O)[C@@H](C)[C@H](O)[C@H](C)[C@H]1OC(=O)C=C[C@H](C)[C@H](O)C[C@H](O)CCC[C@@H](O)CC[C@@H](C)CC(=O)[C@]2(O)O[C@H](C[C@@H](O)C[C@H](O)C[C@H](O)CCC[C@H](O)[C@@H]3O[C@H]3[C@@H]1C)C[C@H](OS(=O)(=O)O)[C@H]2O. The van der Waals surface area contributed by atoms with Crippen LogP contribution in [0.1, 0.15) is 231 Å². The van der Waals surface area contributed by atoms with Crippen LogP contribution in [0.5, 0.6) is 0 Å². The Morgan fingerprint density at radius 3 is 1.96 bits per heavy atom. The largest absolute Gasteiger partial charge is 0.459 e. The number of epoxide rings is 1. The summed E-state index contributed by atoms with van der Waals surface area (Å²) in [4.78, 5) is 66.4. The van der Waals surface area contributed by atoms with Crippen molar-refractivity contribution in [3.05, 3.63) is 58.7 Å². The smallest absolute Gasteiger partial charge is 0.397 e. The molecule has 31 heteroatoms. The van der Waals surface area contributed by atoms with Crippen LogP contribution in [-0.2, 0) is 66.9 Å². The van der Waals surface area contributed by atoms with Crippen LogP contribution in [0.25, 0.3) is 0 Å². The van der Waals surface area contributed by atoms with Crippen molar-refractivity contribution in [3.8, 4) is 0 Å². The van der Waals surface area contributed by atoms with Gasteiger partial charge in [-0.05, 0) is 154 Å². The van der Waals surface area contributed by atoms with Crippen molar-refractivity contribution in [1.29, 1.82) is 0 Å². The highest BCUT2D eigenvalue weighted by atomic mass is 32.3. The number of carbonyl (C=O) groups is 5. The predicted octanol–water partition coefficient (Wildman–Crippen LogP) is 4.17. The van der Waals surface area contributed by atoms with E-state index in [9.17, 15) is 103 Å². The van der Waals surface area contributed by atoms with Gasteiger partial charge >= 0.3 is 22.3 Å². The minimum atomic E-state index is -5.25. The normalized spacial score (nSPS) is 39.2. The summed E-state index contributed by atoms with van der Waals surface area (Å²) < 4.78 is 87.0. The summed E-state index contributed by atoms with van der Waals surface area (Å²) in [6.07, 6.45) is -21.8. The summed E-state index contributed by atoms with van der Waals surface area (Å²) in [6, 6.07) is 4.39. The fourth-order valence-corrected chi connectivity index (χ4v) is 16.5. The molecule has 5 heterocycles. The molecule has 2 bridgehead atoms. The molecule has 4 saturated heterocycles. The summed E-state index contributed by atoms with van der Waals surface area (Å²) in [6.45, 7) is 19.9. The second-order valence-corrected chi connectivity index (χ2v) is 33.2. The van der Waals surface area contributed by atoms with Gasteiger partial charge < -0.3 is 104 Å². The summed E-state index contributed by atoms with van der Waals surface area (Å²) in [5.41, 5.74) is -0.610. The average molecular weight is 1560 g/mol. The van der Waals surface area contributed by atoms with Gasteiger partial charge in [-0.1, -0.05) is 60.6 Å². The zero-order valence-electron chi connectivity index (χ0n) is 64.2. The molecule has 616 valence electrons. The molecule has 0 unspecified atom stereocenters. The van der Waals surface area contributed by atoms with E-state index in [1.807, 2.05) is 6.92 Å². The van der Waals surface area contributed by atoms with Crippen molar-refractivity contribution in [1.82, 2.24) is 0 Å². The molecule has 32 atom stereocenters. The Kier molecular flexibility index (Phi) is 33.4. The molecule has 5 aliphatic heterocycles. The maximum atomic E-state index is 13.9. The fourth-order valence-electron chi connectivity index (χ4n) is 16.0. The van der Waals surface area contributed by atoms with Crippen LogP contribution in [0.15, 0.2) is 42.0 Å². The van der Waals surface area contributed by atoms with Gasteiger partial charge in [0.15, 0.2) is 29.9 Å². The second kappa shape index (κ2) is 39.7. The Labute approximate surface area is 633 Å². The van der Waals surface area contributed by atoms with Gasteiger partial charge in [0.05, 0.1) is 103 Å². The number of allylic oxidation sites excluding steroid dienone is 2. The molecule has 0 radical (unpaired) electrons. The summed E-state index contributed by atoms with van der Waals surface area (Å²) in [5, 5.41) is 148. The lowest BCUT2D eigenvalue weighted by Gasteiger charge is -2.47. The van der Waals surface area contributed by atoms with Crippen LogP contribution in [0.2, 0.25) is 0 Å². The van der Waals surface area contributed by atoms with Gasteiger partial charge in [-0.15, -0.1) is 0 Å². The molecule has 6 aliphatic rings. The number of rotatable bonds is 17. The fraction of sp³-hybridized carbons (Fsp3) is 0.805. The zero-order chi connectivity index (χ0) is 80.4. The second-order valence-electron chi connectivity index (χ2n) is 32.2. The van der Waals surface area contributed by atoms with Gasteiger partial charge in [0, 0.05) is 78.0 Å². The number of ether oxygens (including phenoxy) is 8. The van der Waals surface area contributed by atoms with E-state index in [1.165, 1.54) is 37.3 Å². The Morgan fingerprint density at radius 1 is 0.685 bits per heavy atom. The van der Waals surface area contributed by atoms with Crippen molar-refractivity contribution in [2.24, 2.45) is 41.4 Å². The Morgan fingerprint density at radius 2 is 1.31 bits per heavy atom. The number of hydrogen-bond acceptors (Lipinski definition) is 29. The van der Waals surface area contributed by atoms with Gasteiger partial charge in [-0.3, -0.25) is 23.7 Å². The maximum absolute atomic E-state index is 13.9. The summed E-state index contributed by atoms with van der Waals surface area (Å²) in [7, 11) is -5.25. The molecule has 0 amide bonds. The molecular formula is C77H122O30S. The lowest BCUT2D eigenvalue weighted by Crippen LogP contribution is -2.63. The number of ketones is 3. The number of Topliss-reactive ketones (excluding diaryl/α,β-unsaturated/α-hetero) is 2. The Hall–Kier alpha value is -4.24. The van der Waals surface area contributed by atoms with Gasteiger partial charge in [-0.25, -0.2) is 8.98 Å². The standard InChI is InChI=1S/C77H122O30S/c1-13-59(101-65-36-76(12,94)74(46(11)100-65)104-64-27-25-60(45(10)99-64)102-75(93)43(8)69(91)47-22-24-54-55(30-47)58(85)29-39(4)66(54)88)40(5)67(89)41(6)68(90)42(7)70-44(9)71-72(105-71)56(83)19-15-18-49(79)31-51(81)32-52(82)33-53-35-61(107-108(96,97)98)73(92)77(95,106-53)62(86)28-37(2)20-23-48(78)16-14-17-50(80)34-57(84)38(3)21-26-63(87)103-70/h21-22,24,26,29-30,37-38,40-46,48-53,56-57,59-61,64-65,67-74,78-84,89-92,94-95H,13-20,23,25,27-28,31-36H2,1-12H3,(H,96,97,98)/t37-,38+,40+,41-,42+,43-,44-,45-,46+,48-,49-,50-,51-,52+,53-,56+,57-,59+,60+,61+,64+,65+,67+,68+,69+,70-,71+,72+,73-,74-,76-,77+/m1/s1. The summed E-state index contributed by atoms with van der Waals surface area (Å²) in [5.74, 6) is -11.9. The molecular weight excluding hydrogens is 1440 g/mol. The van der Waals surface area contributed by atoms with Crippen LogP contribution in [-0.4, -0.2) is 255 Å². The number of esters is 2. The van der Waals surface area contributed by atoms with Crippen molar-refractivity contribution in [2.45, 2.75) is 351 Å². The van der Waals surface area contributed by atoms with Gasteiger partial charge in [0.2, 0.25) is 0 Å². The van der Waals surface area contributed by atoms with Crippen LogP contribution in [0, 0.1) is 41.4 Å². The molecule has 1 aromatic carbocycles. The van der Waals surface area contributed by atoms with Gasteiger partial charge in [0.25, 0.3) is 5.79 Å². The van der Waals surface area contributed by atoms with Crippen LogP contribution >= 0.6 is 0 Å². The Bertz CT molecular complexity index is 3290. The third-order valence-corrected chi connectivity index (χ3v) is 23.4. The van der Waals surface area contributed by atoms with E-state index in [-0.39, 0.29) is 105 Å². The molecule has 0 aromatic heterocycles. The van der Waals surface area contributed by atoms with Crippen molar-refractivity contribution in [3.63, 3.8) is 0 Å². The molecule has 108 heavy (non-hydrogen) atoms. The molecule has 30 nitrogen and oxygen atoms in total. The number of aliphatic hydroxyl groups is 13. The van der Waals surface area contributed by atoms with E-state index in [0.717, 1.165) is 6.08 Å². The van der Waals surface area contributed by atoms with E-state index in [4.69, 9.17) is 37.9 Å². The topological polar surface area (TPSA) is 489 Å². The van der Waals surface area contributed by atoms with E-state index < -0.39 is 241 Å². The van der Waals surface area contributed by atoms with Crippen molar-refractivity contribution in [2.75, 3.05) is 0 Å². The molecule has 0 spiro atoms. The number of hydrogen-bond donors (Lipinski definition) is 14. The van der Waals surface area contributed by atoms with Crippen LogP contribution < -0.4 is 0 Å². The lowest BCUT2D eigenvalue weighted by atomic mass is 9.77. The molecule has 7 rings (SSSR count). The number of aliphatic hydroxyl groups excluding tert-OH is 11. The zero-order valence-corrected chi connectivity index (χ0v) is 65.0. The van der Waals surface area contributed by atoms with Crippen molar-refractivity contribution < 1.29 is 145 Å². The van der Waals surface area contributed by atoms with E-state index >= 15 is 0 Å². The number of fused-ring (bicyclic) bond motifs is 4. The van der Waals surface area contributed by atoms with E-state index in [0.29, 0.717) is 24.8 Å². The van der Waals surface area contributed by atoms with Gasteiger partial charge in [-0.2, -0.15) is 8.42 Å². The first-order valence-corrected chi connectivity index (χ1v) is 39.9. The minimum Gasteiger partial charge on any atom is -0.459 e. The molecule has 1 aliphatic carbocycles. The molecule has 14 N–H and O–H groups in total. The molecule has 0 saturated carbocycles. The first-order chi connectivity index (χ1) is 50.4. The van der Waals surface area contributed by atoms with E-state index in [1.54, 1.807) is 69.2 Å². The predicted molar refractivity (Wildman–Crippen MR) is 385 cm³/mol. The highest BCUT2D eigenvalue weighted by molar-refractivity contribution is 7.80. The number of cyclic esters (lactones) is 1. The quantitative estimate of drug-likeness (QED) is 0.0591. The average Bonchev–Trinajstić information content (AvgIpc) is 1.27. The number of benzene rings is 1. The first-order valence-electron chi connectivity index (χ1n) is 38.5.